The average Bonchev–Trinajstić information content (AvgIpc) is 3.61. The van der Waals surface area contributed by atoms with Crippen molar-refractivity contribution in [2.24, 2.45) is 12.5 Å². The minimum atomic E-state index is -0.337. The fraction of sp³-hybridized carbons (Fsp3) is 0.280. The summed E-state index contributed by atoms with van der Waals surface area (Å²) in [6, 6.07) is 45.0. The minimum Gasteiger partial charge on any atom is -0.473 e. The number of pyridine rings is 1. The molecule has 0 bridgehead atoms. The lowest BCUT2D eigenvalue weighted by Crippen LogP contribution is -2.74. The number of ether oxygens (including phenoxy) is 2. The third-order valence-corrected chi connectivity index (χ3v) is 12.8. The fourth-order valence-corrected chi connectivity index (χ4v) is 9.65. The van der Waals surface area contributed by atoms with Gasteiger partial charge in [0.25, 0.3) is 5.69 Å². The number of fused-ring (bicyclic) bond motifs is 1. The monoisotopic (exact) mass is 811 g/mol. The number of piperidine rings is 1. The van der Waals surface area contributed by atoms with E-state index in [-0.39, 0.29) is 10.6 Å². The minimum absolute atomic E-state index is 0.143. The SMILES string of the molecule is Cc1cc(N2CC3(C2)CN(C2CCN(c4ccc([N+](=O)[O-])cc4)CC2)C3)ccc1-c1cccc2c(-c3ccc(OCc4ccccc4)nc3OCc3ccccc3)nn(C)c12. The molecular formula is C50H49N7O4. The molecule has 308 valence electrons. The third kappa shape index (κ3) is 7.66. The van der Waals surface area contributed by atoms with E-state index in [1.165, 1.54) is 16.8 Å². The molecule has 0 unspecified atom stereocenters. The Bertz CT molecular complexity index is 2680. The molecule has 0 radical (unpaired) electrons. The zero-order valence-corrected chi connectivity index (χ0v) is 34.6. The Hall–Kier alpha value is -6.72. The van der Waals surface area contributed by atoms with E-state index in [0.29, 0.717) is 36.4 Å². The molecule has 11 nitrogen and oxygen atoms in total. The van der Waals surface area contributed by atoms with Crippen LogP contribution in [0.2, 0.25) is 0 Å². The number of rotatable bonds is 12. The number of para-hydroxylation sites is 1. The van der Waals surface area contributed by atoms with Crippen molar-refractivity contribution in [2.75, 3.05) is 49.1 Å². The molecule has 10 rings (SSSR count). The maximum absolute atomic E-state index is 11.1. The van der Waals surface area contributed by atoms with Crippen LogP contribution in [0.25, 0.3) is 33.3 Å². The van der Waals surface area contributed by atoms with Crippen molar-refractivity contribution in [1.29, 1.82) is 0 Å². The molecular weight excluding hydrogens is 763 g/mol. The van der Waals surface area contributed by atoms with Crippen LogP contribution in [0.1, 0.15) is 29.5 Å². The summed E-state index contributed by atoms with van der Waals surface area (Å²) in [5.74, 6) is 0.974. The summed E-state index contributed by atoms with van der Waals surface area (Å²) in [6.07, 6.45) is 2.25. The highest BCUT2D eigenvalue weighted by atomic mass is 16.6. The van der Waals surface area contributed by atoms with Gasteiger partial charge in [-0.2, -0.15) is 10.1 Å². The van der Waals surface area contributed by atoms with Crippen molar-refractivity contribution >= 4 is 28.0 Å². The summed E-state index contributed by atoms with van der Waals surface area (Å²) in [7, 11) is 2.01. The number of non-ortho nitro benzene ring substituents is 1. The molecule has 1 spiro atoms. The summed E-state index contributed by atoms with van der Waals surface area (Å²) in [4.78, 5) is 23.2. The van der Waals surface area contributed by atoms with Gasteiger partial charge in [0.1, 0.15) is 18.9 Å². The first kappa shape index (κ1) is 38.5. The average molecular weight is 812 g/mol. The van der Waals surface area contributed by atoms with Gasteiger partial charge < -0.3 is 19.3 Å². The van der Waals surface area contributed by atoms with E-state index in [1.807, 2.05) is 96.7 Å². The van der Waals surface area contributed by atoms with Gasteiger partial charge >= 0.3 is 0 Å². The second-order valence-electron chi connectivity index (χ2n) is 17.0. The van der Waals surface area contributed by atoms with Crippen LogP contribution >= 0.6 is 0 Å². The van der Waals surface area contributed by atoms with Gasteiger partial charge in [-0.05, 0) is 72.4 Å². The van der Waals surface area contributed by atoms with Crippen molar-refractivity contribution in [3.05, 3.63) is 160 Å². The zero-order chi connectivity index (χ0) is 41.5. The van der Waals surface area contributed by atoms with Gasteiger partial charge in [0, 0.05) is 98.3 Å². The summed E-state index contributed by atoms with van der Waals surface area (Å²) in [5, 5.41) is 17.2. The molecule has 2 aromatic heterocycles. The summed E-state index contributed by atoms with van der Waals surface area (Å²) >= 11 is 0. The van der Waals surface area contributed by atoms with Crippen molar-refractivity contribution in [1.82, 2.24) is 19.7 Å². The molecule has 0 atom stereocenters. The van der Waals surface area contributed by atoms with Crippen LogP contribution in [0.3, 0.4) is 0 Å². The predicted molar refractivity (Wildman–Crippen MR) is 240 cm³/mol. The van der Waals surface area contributed by atoms with E-state index in [0.717, 1.165) is 96.6 Å². The molecule has 5 aromatic carbocycles. The Balaban J connectivity index is 0.821. The van der Waals surface area contributed by atoms with Crippen molar-refractivity contribution in [3.63, 3.8) is 0 Å². The number of anilines is 2. The number of nitro benzene ring substituents is 1. The van der Waals surface area contributed by atoms with E-state index >= 15 is 0 Å². The Morgan fingerprint density at radius 2 is 1.36 bits per heavy atom. The largest absolute Gasteiger partial charge is 0.473 e. The van der Waals surface area contributed by atoms with Gasteiger partial charge in [0.15, 0.2) is 0 Å². The molecule has 5 heterocycles. The summed E-state index contributed by atoms with van der Waals surface area (Å²) in [6.45, 7) is 9.45. The molecule has 0 saturated carbocycles. The maximum atomic E-state index is 11.1. The lowest BCUT2D eigenvalue weighted by molar-refractivity contribution is -0.384. The van der Waals surface area contributed by atoms with Gasteiger partial charge in [-0.15, -0.1) is 0 Å². The van der Waals surface area contributed by atoms with Crippen LogP contribution < -0.4 is 19.3 Å². The van der Waals surface area contributed by atoms with Crippen LogP contribution in [0.5, 0.6) is 11.8 Å². The van der Waals surface area contributed by atoms with Gasteiger partial charge in [-0.25, -0.2) is 0 Å². The van der Waals surface area contributed by atoms with E-state index in [4.69, 9.17) is 19.6 Å². The molecule has 61 heavy (non-hydrogen) atoms. The molecule has 3 saturated heterocycles. The molecule has 3 aliphatic heterocycles. The molecule has 0 N–H and O–H groups in total. The summed E-state index contributed by atoms with van der Waals surface area (Å²) in [5.41, 5.74) is 11.2. The Kier molecular flexibility index (Phi) is 10.1. The maximum Gasteiger partial charge on any atom is 0.269 e. The quantitative estimate of drug-likeness (QED) is 0.0883. The molecule has 7 aromatic rings. The van der Waals surface area contributed by atoms with Gasteiger partial charge in [0.2, 0.25) is 11.8 Å². The van der Waals surface area contributed by atoms with Crippen LogP contribution in [-0.4, -0.2) is 69.9 Å². The number of likely N-dealkylation sites (tertiary alicyclic amines) is 1. The highest BCUT2D eigenvalue weighted by Crippen LogP contribution is 2.45. The van der Waals surface area contributed by atoms with Gasteiger partial charge in [-0.1, -0.05) is 84.9 Å². The second kappa shape index (κ2) is 16.0. The zero-order valence-electron chi connectivity index (χ0n) is 34.6. The van der Waals surface area contributed by atoms with Gasteiger partial charge in [-0.3, -0.25) is 19.7 Å². The van der Waals surface area contributed by atoms with E-state index < -0.39 is 0 Å². The van der Waals surface area contributed by atoms with Crippen molar-refractivity contribution in [2.45, 2.75) is 39.0 Å². The number of hydrogen-bond acceptors (Lipinski definition) is 9. The number of benzene rings is 5. The van der Waals surface area contributed by atoms with E-state index in [9.17, 15) is 10.1 Å². The standard InChI is InChI=1S/C50H49N7O4/c1-35-28-41(56-33-50(34-56)31-55(32-50)39-24-26-54(27-25-39)38-16-18-40(19-17-38)57(58)59)20-21-42(35)43-14-9-15-44-47(52-53(2)48(43)44)45-22-23-46(60-29-36-10-5-3-6-11-36)51-49(45)61-30-37-12-7-4-8-13-37/h3-23,28,39H,24-27,29-34H2,1-2H3. The second-order valence-corrected chi connectivity index (χ2v) is 17.0. The molecule has 0 amide bonds. The number of nitrogens with zero attached hydrogens (tertiary/aromatic N) is 7. The number of aryl methyl sites for hydroxylation is 2. The predicted octanol–water partition coefficient (Wildman–Crippen LogP) is 9.47. The Labute approximate surface area is 355 Å². The van der Waals surface area contributed by atoms with Crippen LogP contribution in [-0.2, 0) is 20.3 Å². The van der Waals surface area contributed by atoms with Crippen molar-refractivity contribution in [3.8, 4) is 34.1 Å². The van der Waals surface area contributed by atoms with Crippen LogP contribution in [0, 0.1) is 22.5 Å². The van der Waals surface area contributed by atoms with Gasteiger partial charge in [0.05, 0.1) is 16.0 Å². The fourth-order valence-electron chi connectivity index (χ4n) is 9.65. The van der Waals surface area contributed by atoms with E-state index in [1.54, 1.807) is 12.1 Å². The summed E-state index contributed by atoms with van der Waals surface area (Å²) < 4.78 is 14.6. The lowest BCUT2D eigenvalue weighted by Gasteiger charge is -2.63. The third-order valence-electron chi connectivity index (χ3n) is 12.8. The highest BCUT2D eigenvalue weighted by Gasteiger charge is 2.53. The molecule has 3 aliphatic rings. The first-order chi connectivity index (χ1) is 29.8. The number of nitro groups is 1. The number of hydrogen-bond donors (Lipinski definition) is 0. The Morgan fingerprint density at radius 3 is 2.03 bits per heavy atom. The first-order valence-electron chi connectivity index (χ1n) is 21.2. The topological polar surface area (TPSA) is 102 Å². The van der Waals surface area contributed by atoms with E-state index in [2.05, 4.69) is 58.0 Å². The van der Waals surface area contributed by atoms with Crippen molar-refractivity contribution < 1.29 is 14.4 Å². The van der Waals surface area contributed by atoms with Crippen LogP contribution in [0.15, 0.2) is 133 Å². The molecule has 0 aliphatic carbocycles. The smallest absolute Gasteiger partial charge is 0.269 e. The molecule has 11 heteroatoms. The lowest BCUT2D eigenvalue weighted by atomic mass is 9.71. The first-order valence-corrected chi connectivity index (χ1v) is 21.2. The van der Waals surface area contributed by atoms with Crippen LogP contribution in [0.4, 0.5) is 17.1 Å². The normalized spacial score (nSPS) is 16.4. The molecule has 3 fully saturated rings. The number of aromatic nitrogens is 3. The Morgan fingerprint density at radius 1 is 0.705 bits per heavy atom. The highest BCUT2D eigenvalue weighted by molar-refractivity contribution is 6.02.